The van der Waals surface area contributed by atoms with Crippen molar-refractivity contribution in [1.82, 2.24) is 5.32 Å². The van der Waals surface area contributed by atoms with Crippen molar-refractivity contribution >= 4 is 5.91 Å². The molecule has 1 saturated heterocycles. The number of carbonyl (C=O) groups excluding carboxylic acids is 1. The van der Waals surface area contributed by atoms with E-state index in [1.54, 1.807) is 0 Å². The van der Waals surface area contributed by atoms with Gasteiger partial charge in [-0.1, -0.05) is 6.92 Å². The predicted molar refractivity (Wildman–Crippen MR) is 57.5 cm³/mol. The fourth-order valence-corrected chi connectivity index (χ4v) is 1.61. The monoisotopic (exact) mass is 215 g/mol. The lowest BCUT2D eigenvalue weighted by Gasteiger charge is -2.28. The van der Waals surface area contributed by atoms with E-state index in [0.29, 0.717) is 6.42 Å². The Morgan fingerprint density at radius 3 is 2.67 bits per heavy atom. The Kier molecular flexibility index (Phi) is 4.11. The van der Waals surface area contributed by atoms with Crippen LogP contribution in [0.5, 0.6) is 0 Å². The van der Waals surface area contributed by atoms with Gasteiger partial charge in [-0.15, -0.1) is 0 Å². The van der Waals surface area contributed by atoms with Crippen LogP contribution in [-0.2, 0) is 9.53 Å². The first-order valence-electron chi connectivity index (χ1n) is 5.59. The molecule has 1 aliphatic rings. The number of aliphatic hydroxyl groups excluding tert-OH is 1. The zero-order valence-corrected chi connectivity index (χ0v) is 9.75. The Morgan fingerprint density at radius 2 is 2.27 bits per heavy atom. The summed E-state index contributed by atoms with van der Waals surface area (Å²) < 4.78 is 5.46. The van der Waals surface area contributed by atoms with E-state index in [-0.39, 0.29) is 24.7 Å². The van der Waals surface area contributed by atoms with Crippen LogP contribution in [-0.4, -0.2) is 35.4 Å². The van der Waals surface area contributed by atoms with E-state index in [0.717, 1.165) is 12.8 Å². The summed E-state index contributed by atoms with van der Waals surface area (Å²) in [5.41, 5.74) is -0.522. The van der Waals surface area contributed by atoms with Crippen LogP contribution in [0, 0.1) is 0 Å². The third-order valence-electron chi connectivity index (χ3n) is 3.08. The molecule has 15 heavy (non-hydrogen) atoms. The van der Waals surface area contributed by atoms with E-state index >= 15 is 0 Å². The molecule has 0 aromatic heterocycles. The van der Waals surface area contributed by atoms with Gasteiger partial charge in [0.25, 0.3) is 0 Å². The lowest BCUT2D eigenvalue weighted by molar-refractivity contribution is -0.134. The third kappa shape index (κ3) is 3.18. The minimum Gasteiger partial charge on any atom is -0.394 e. The highest BCUT2D eigenvalue weighted by molar-refractivity contribution is 5.81. The maximum Gasteiger partial charge on any atom is 0.249 e. The van der Waals surface area contributed by atoms with Gasteiger partial charge in [0.15, 0.2) is 0 Å². The molecule has 3 unspecified atom stereocenters. The van der Waals surface area contributed by atoms with Crippen molar-refractivity contribution in [2.45, 2.75) is 57.8 Å². The van der Waals surface area contributed by atoms with Gasteiger partial charge in [-0.25, -0.2) is 0 Å². The van der Waals surface area contributed by atoms with Gasteiger partial charge in [0.2, 0.25) is 5.91 Å². The molecule has 0 aromatic rings. The smallest absolute Gasteiger partial charge is 0.249 e. The van der Waals surface area contributed by atoms with Crippen molar-refractivity contribution in [2.24, 2.45) is 0 Å². The number of hydrogen-bond donors (Lipinski definition) is 2. The van der Waals surface area contributed by atoms with Gasteiger partial charge in [0.05, 0.1) is 18.2 Å². The number of nitrogens with one attached hydrogen (secondary N) is 1. The van der Waals surface area contributed by atoms with Crippen molar-refractivity contribution in [1.29, 1.82) is 0 Å². The van der Waals surface area contributed by atoms with Gasteiger partial charge < -0.3 is 15.2 Å². The molecule has 4 nitrogen and oxygen atoms in total. The minimum atomic E-state index is -0.522. The van der Waals surface area contributed by atoms with Crippen molar-refractivity contribution in [3.8, 4) is 0 Å². The second-order valence-corrected chi connectivity index (χ2v) is 4.57. The zero-order chi connectivity index (χ0) is 11.5. The first-order valence-corrected chi connectivity index (χ1v) is 5.59. The summed E-state index contributed by atoms with van der Waals surface area (Å²) in [7, 11) is 0. The molecule has 1 heterocycles. The van der Waals surface area contributed by atoms with Gasteiger partial charge in [0.1, 0.15) is 6.10 Å². The zero-order valence-electron chi connectivity index (χ0n) is 9.75. The molecule has 3 atom stereocenters. The number of amides is 1. The third-order valence-corrected chi connectivity index (χ3v) is 3.08. The van der Waals surface area contributed by atoms with Gasteiger partial charge in [-0.3, -0.25) is 4.79 Å². The van der Waals surface area contributed by atoms with Crippen LogP contribution < -0.4 is 5.32 Å². The molecule has 1 fully saturated rings. The van der Waals surface area contributed by atoms with Gasteiger partial charge >= 0.3 is 0 Å². The van der Waals surface area contributed by atoms with Crippen LogP contribution in [0.25, 0.3) is 0 Å². The van der Waals surface area contributed by atoms with Crippen LogP contribution in [0.2, 0.25) is 0 Å². The minimum absolute atomic E-state index is 0.0441. The second-order valence-electron chi connectivity index (χ2n) is 4.57. The predicted octanol–water partition coefficient (Wildman–Crippen LogP) is 0.831. The molecule has 1 aliphatic heterocycles. The maximum atomic E-state index is 11.8. The summed E-state index contributed by atoms with van der Waals surface area (Å²) in [6.45, 7) is 5.70. The molecular weight excluding hydrogens is 194 g/mol. The molecule has 0 bridgehead atoms. The van der Waals surface area contributed by atoms with Crippen LogP contribution in [0.1, 0.15) is 40.0 Å². The summed E-state index contributed by atoms with van der Waals surface area (Å²) in [5.74, 6) is -0.0993. The molecule has 0 aromatic carbocycles. The van der Waals surface area contributed by atoms with Crippen molar-refractivity contribution in [3.63, 3.8) is 0 Å². The van der Waals surface area contributed by atoms with Crippen LogP contribution in [0.4, 0.5) is 0 Å². The Hall–Kier alpha value is -0.610. The van der Waals surface area contributed by atoms with E-state index in [9.17, 15) is 9.90 Å². The summed E-state index contributed by atoms with van der Waals surface area (Å²) in [6, 6.07) is 0. The number of ether oxygens (including phenoxy) is 1. The first-order chi connectivity index (χ1) is 7.00. The molecule has 4 heteroatoms. The maximum absolute atomic E-state index is 11.8. The highest BCUT2D eigenvalue weighted by Crippen LogP contribution is 2.20. The van der Waals surface area contributed by atoms with E-state index in [4.69, 9.17) is 4.74 Å². The molecule has 0 spiro atoms. The molecule has 0 radical (unpaired) electrons. The normalized spacial score (nSPS) is 29.9. The van der Waals surface area contributed by atoms with Crippen molar-refractivity contribution in [2.75, 3.05) is 6.61 Å². The van der Waals surface area contributed by atoms with Crippen LogP contribution in [0.3, 0.4) is 0 Å². The molecule has 2 N–H and O–H groups in total. The number of carbonyl (C=O) groups is 1. The van der Waals surface area contributed by atoms with E-state index in [2.05, 4.69) is 5.32 Å². The largest absolute Gasteiger partial charge is 0.394 e. The fourth-order valence-electron chi connectivity index (χ4n) is 1.61. The van der Waals surface area contributed by atoms with Crippen molar-refractivity contribution in [3.05, 3.63) is 0 Å². The van der Waals surface area contributed by atoms with Crippen LogP contribution in [0.15, 0.2) is 0 Å². The van der Waals surface area contributed by atoms with E-state index in [1.807, 2.05) is 20.8 Å². The average Bonchev–Trinajstić information content (AvgIpc) is 2.65. The molecular formula is C11H21NO3. The second kappa shape index (κ2) is 4.94. The Bertz CT molecular complexity index is 226. The molecule has 1 rings (SSSR count). The average molecular weight is 215 g/mol. The molecule has 0 aliphatic carbocycles. The topological polar surface area (TPSA) is 58.6 Å². The molecule has 0 saturated carbocycles. The van der Waals surface area contributed by atoms with E-state index in [1.165, 1.54) is 0 Å². The summed E-state index contributed by atoms with van der Waals surface area (Å²) in [5, 5.41) is 12.0. The molecule has 88 valence electrons. The highest BCUT2D eigenvalue weighted by atomic mass is 16.5. The van der Waals surface area contributed by atoms with Gasteiger partial charge in [0, 0.05) is 0 Å². The lowest BCUT2D eigenvalue weighted by Crippen LogP contribution is -2.51. The van der Waals surface area contributed by atoms with Crippen molar-refractivity contribution < 1.29 is 14.6 Å². The van der Waals surface area contributed by atoms with Gasteiger partial charge in [-0.05, 0) is 33.1 Å². The molecule has 1 amide bonds. The number of hydrogen-bond acceptors (Lipinski definition) is 3. The lowest BCUT2D eigenvalue weighted by atomic mass is 9.99. The summed E-state index contributed by atoms with van der Waals surface area (Å²) >= 11 is 0. The van der Waals surface area contributed by atoms with E-state index < -0.39 is 5.54 Å². The van der Waals surface area contributed by atoms with Gasteiger partial charge in [-0.2, -0.15) is 0 Å². The fraction of sp³-hybridized carbons (Fsp3) is 0.909. The Labute approximate surface area is 91.0 Å². The highest BCUT2D eigenvalue weighted by Gasteiger charge is 2.32. The first kappa shape index (κ1) is 12.5. The summed E-state index contributed by atoms with van der Waals surface area (Å²) in [4.78, 5) is 11.8. The standard InChI is InChI=1S/C11H21NO3/c1-4-11(3,7-13)12-10(14)9-6-5-8(2)15-9/h8-9,13H,4-7H2,1-3H3,(H,12,14). The van der Waals surface area contributed by atoms with Crippen LogP contribution >= 0.6 is 0 Å². The number of rotatable bonds is 4. The Morgan fingerprint density at radius 1 is 1.60 bits per heavy atom. The SMILES string of the molecule is CCC(C)(CO)NC(=O)C1CCC(C)O1. The number of aliphatic hydroxyl groups is 1. The Balaban J connectivity index is 2.48. The quantitative estimate of drug-likeness (QED) is 0.730. The summed E-state index contributed by atoms with van der Waals surface area (Å²) in [6.07, 6.45) is 2.25.